The van der Waals surface area contributed by atoms with Crippen LogP contribution in [0.3, 0.4) is 0 Å². The molecule has 0 spiro atoms. The molecule has 7 heteroatoms. The van der Waals surface area contributed by atoms with Gasteiger partial charge in [-0.3, -0.25) is 9.59 Å². The minimum atomic E-state index is -0.692. The van der Waals surface area contributed by atoms with Gasteiger partial charge in [-0.2, -0.15) is 0 Å². The summed E-state index contributed by atoms with van der Waals surface area (Å²) < 4.78 is 12.8. The molecule has 168 valence electrons. The van der Waals surface area contributed by atoms with Gasteiger partial charge in [-0.15, -0.1) is 0 Å². The van der Waals surface area contributed by atoms with Crippen molar-refractivity contribution >= 4 is 11.9 Å². The third-order valence-electron chi connectivity index (χ3n) is 7.61. The number of nitrogens with zero attached hydrogens (tertiary/aromatic N) is 2. The number of carbonyl (C=O) groups excluding carboxylic acids is 2. The number of ether oxygens (including phenoxy) is 2. The molecule has 0 N–H and O–H groups in total. The van der Waals surface area contributed by atoms with E-state index in [0.29, 0.717) is 24.3 Å². The minimum absolute atomic E-state index is 0.0636. The van der Waals surface area contributed by atoms with Crippen molar-refractivity contribution in [3.8, 4) is 5.75 Å². The summed E-state index contributed by atoms with van der Waals surface area (Å²) in [7, 11) is 0. The van der Waals surface area contributed by atoms with Crippen LogP contribution in [0.25, 0.3) is 0 Å². The fourth-order valence-corrected chi connectivity index (χ4v) is 5.84. The Hall–Kier alpha value is -3.09. The molecule has 2 aromatic rings. The van der Waals surface area contributed by atoms with E-state index in [4.69, 9.17) is 9.47 Å². The Balaban J connectivity index is 1.59. The lowest BCUT2D eigenvalue weighted by Gasteiger charge is -2.45. The predicted octanol–water partition coefficient (Wildman–Crippen LogP) is 3.10. The van der Waals surface area contributed by atoms with Crippen LogP contribution in [0.2, 0.25) is 0 Å². The topological polar surface area (TPSA) is 77.8 Å². The number of benzene rings is 1. The van der Waals surface area contributed by atoms with Gasteiger partial charge >= 0.3 is 5.97 Å². The van der Waals surface area contributed by atoms with Gasteiger partial charge in [-0.05, 0) is 36.7 Å². The zero-order valence-corrected chi connectivity index (χ0v) is 18.6. The summed E-state index contributed by atoms with van der Waals surface area (Å²) in [6, 6.07) is 9.70. The number of piperidine rings is 1. The first-order valence-electron chi connectivity index (χ1n) is 11.4. The summed E-state index contributed by atoms with van der Waals surface area (Å²) in [6.07, 6.45) is 2.48. The van der Waals surface area contributed by atoms with Crippen LogP contribution in [-0.2, 0) is 17.9 Å². The zero-order chi connectivity index (χ0) is 22.6. The Morgan fingerprint density at radius 3 is 2.56 bits per heavy atom. The molecular formula is C25H28N2O5. The maximum atomic E-state index is 13.7. The highest BCUT2D eigenvalue weighted by Crippen LogP contribution is 2.52. The van der Waals surface area contributed by atoms with Gasteiger partial charge in [0.15, 0.2) is 11.4 Å². The van der Waals surface area contributed by atoms with Crippen molar-refractivity contribution in [3.05, 3.63) is 63.6 Å². The Kier molecular flexibility index (Phi) is 5.07. The highest BCUT2D eigenvalue weighted by molar-refractivity contribution is 5.98. The summed E-state index contributed by atoms with van der Waals surface area (Å²) in [4.78, 5) is 41.5. The van der Waals surface area contributed by atoms with Crippen LogP contribution in [0.4, 0.5) is 0 Å². The molecule has 3 aliphatic rings. The van der Waals surface area contributed by atoms with Crippen LogP contribution in [0.15, 0.2) is 41.3 Å². The summed E-state index contributed by atoms with van der Waals surface area (Å²) in [5, 5.41) is 0. The van der Waals surface area contributed by atoms with Gasteiger partial charge in [0, 0.05) is 18.8 Å². The Bertz CT molecular complexity index is 1130. The van der Waals surface area contributed by atoms with E-state index in [1.807, 2.05) is 35.2 Å². The average Bonchev–Trinajstić information content (AvgIpc) is 3.30. The third kappa shape index (κ3) is 3.05. The Morgan fingerprint density at radius 1 is 1.09 bits per heavy atom. The molecule has 5 rings (SSSR count). The molecule has 2 aliphatic heterocycles. The first-order chi connectivity index (χ1) is 15.4. The van der Waals surface area contributed by atoms with Crippen LogP contribution in [0.1, 0.15) is 53.6 Å². The molecule has 2 unspecified atom stereocenters. The number of pyridine rings is 1. The molecule has 1 saturated carbocycles. The van der Waals surface area contributed by atoms with Crippen molar-refractivity contribution < 1.29 is 19.1 Å². The second kappa shape index (κ2) is 7.80. The number of amides is 1. The molecular weight excluding hydrogens is 408 g/mol. The summed E-state index contributed by atoms with van der Waals surface area (Å²) in [6.45, 7) is 7.00. The fraction of sp³-hybridized carbons (Fsp3) is 0.480. The number of hydrogen-bond acceptors (Lipinski definition) is 5. The van der Waals surface area contributed by atoms with Crippen LogP contribution in [-0.4, -0.2) is 40.0 Å². The van der Waals surface area contributed by atoms with E-state index in [1.54, 1.807) is 11.5 Å². The van der Waals surface area contributed by atoms with Crippen LogP contribution < -0.4 is 10.2 Å². The average molecular weight is 437 g/mol. The second-order valence-corrected chi connectivity index (χ2v) is 9.16. The molecule has 1 amide bonds. The van der Waals surface area contributed by atoms with E-state index in [1.165, 1.54) is 6.20 Å². The second-order valence-electron chi connectivity index (χ2n) is 9.16. The van der Waals surface area contributed by atoms with Crippen LogP contribution in [0, 0.1) is 17.8 Å². The largest absolute Gasteiger partial charge is 0.483 e. The van der Waals surface area contributed by atoms with Crippen molar-refractivity contribution in [2.45, 2.75) is 52.4 Å². The lowest BCUT2D eigenvalue weighted by atomic mass is 9.82. The molecule has 1 saturated heterocycles. The summed E-state index contributed by atoms with van der Waals surface area (Å²) >= 11 is 0. The molecule has 3 heterocycles. The molecule has 1 aromatic heterocycles. The normalized spacial score (nSPS) is 27.8. The highest BCUT2D eigenvalue weighted by atomic mass is 16.5. The van der Waals surface area contributed by atoms with Gasteiger partial charge in [0.2, 0.25) is 5.43 Å². The number of esters is 1. The third-order valence-corrected chi connectivity index (χ3v) is 7.61. The van der Waals surface area contributed by atoms with Gasteiger partial charge < -0.3 is 18.9 Å². The van der Waals surface area contributed by atoms with Crippen molar-refractivity contribution in [3.63, 3.8) is 0 Å². The number of carbonyl (C=O) groups is 2. The number of aromatic nitrogens is 1. The van der Waals surface area contributed by atoms with Gasteiger partial charge in [0.25, 0.3) is 5.91 Å². The van der Waals surface area contributed by atoms with Crippen molar-refractivity contribution in [1.29, 1.82) is 0 Å². The van der Waals surface area contributed by atoms with Crippen molar-refractivity contribution in [2.75, 3.05) is 6.61 Å². The first kappa shape index (κ1) is 20.8. The SMILES string of the molecule is CCOC(=O)c1cn2c(c(OCc3ccccc3)c1=O)C(=O)N1C3CC([C@H](C)[C@@H]3C)[C@@H]1C2. The maximum Gasteiger partial charge on any atom is 0.343 e. The molecule has 1 aliphatic carbocycles. The zero-order valence-electron chi connectivity index (χ0n) is 18.6. The predicted molar refractivity (Wildman–Crippen MR) is 118 cm³/mol. The van der Waals surface area contributed by atoms with E-state index in [9.17, 15) is 14.4 Å². The van der Waals surface area contributed by atoms with Crippen molar-refractivity contribution in [1.82, 2.24) is 9.47 Å². The van der Waals surface area contributed by atoms with Crippen LogP contribution >= 0.6 is 0 Å². The Labute approximate surface area is 186 Å². The molecule has 1 aromatic carbocycles. The smallest absolute Gasteiger partial charge is 0.343 e. The quantitative estimate of drug-likeness (QED) is 0.673. The number of fused-ring (bicyclic) bond motifs is 6. The molecule has 5 atom stereocenters. The first-order valence-corrected chi connectivity index (χ1v) is 11.4. The molecule has 2 bridgehead atoms. The van der Waals surface area contributed by atoms with Gasteiger partial charge in [0.1, 0.15) is 12.2 Å². The fourth-order valence-electron chi connectivity index (χ4n) is 5.84. The number of hydrogen-bond donors (Lipinski definition) is 0. The highest BCUT2D eigenvalue weighted by Gasteiger charge is 2.57. The number of rotatable bonds is 5. The van der Waals surface area contributed by atoms with Gasteiger partial charge in [0.05, 0.1) is 12.6 Å². The molecule has 7 nitrogen and oxygen atoms in total. The maximum absolute atomic E-state index is 13.7. The standard InChI is InChI=1S/C25H28N2O5/c1-4-31-25(30)18-11-26-12-20-17-10-19(15(3)14(17)2)27(20)24(29)21(26)23(22(18)28)32-13-16-8-6-5-7-9-16/h5-9,11,14-15,17,19-20H,4,10,12-13H2,1-3H3/t14-,15+,17?,19?,20+/m1/s1. The minimum Gasteiger partial charge on any atom is -0.483 e. The summed E-state index contributed by atoms with van der Waals surface area (Å²) in [5.41, 5.74) is 0.423. The molecule has 32 heavy (non-hydrogen) atoms. The molecule has 0 radical (unpaired) electrons. The lowest BCUT2D eigenvalue weighted by molar-refractivity contribution is 0.0274. The van der Waals surface area contributed by atoms with Crippen LogP contribution in [0.5, 0.6) is 5.75 Å². The van der Waals surface area contributed by atoms with Gasteiger partial charge in [-0.1, -0.05) is 44.2 Å². The lowest BCUT2D eigenvalue weighted by Crippen LogP contribution is -2.56. The molecule has 2 fully saturated rings. The van der Waals surface area contributed by atoms with E-state index in [2.05, 4.69) is 13.8 Å². The summed E-state index contributed by atoms with van der Waals surface area (Å²) in [5.74, 6) is 0.446. The van der Waals surface area contributed by atoms with E-state index < -0.39 is 11.4 Å². The van der Waals surface area contributed by atoms with E-state index >= 15 is 0 Å². The van der Waals surface area contributed by atoms with E-state index in [0.717, 1.165) is 12.0 Å². The van der Waals surface area contributed by atoms with Crippen molar-refractivity contribution in [2.24, 2.45) is 17.8 Å². The monoisotopic (exact) mass is 436 g/mol. The Morgan fingerprint density at radius 2 is 1.84 bits per heavy atom. The van der Waals surface area contributed by atoms with Gasteiger partial charge in [-0.25, -0.2) is 4.79 Å². The van der Waals surface area contributed by atoms with E-state index in [-0.39, 0.29) is 48.2 Å².